The SMILES string of the molecule is Cc1cc(Cl)cc(C)c1OCC(=O)N[C@@H](C)c1ccc(-n2ccnc2)cc1. The molecule has 0 unspecified atom stereocenters. The molecule has 0 fully saturated rings. The summed E-state index contributed by atoms with van der Waals surface area (Å²) in [6, 6.07) is 11.5. The molecule has 0 bridgehead atoms. The third-order valence-corrected chi connectivity index (χ3v) is 4.56. The molecule has 1 N–H and O–H groups in total. The number of nitrogens with one attached hydrogen (secondary N) is 1. The standard InChI is InChI=1S/C21H22ClN3O2/c1-14-10-18(22)11-15(2)21(14)27-12-20(26)24-16(3)17-4-6-19(7-5-17)25-9-8-23-13-25/h4-11,13,16H,12H2,1-3H3,(H,24,26)/t16-/m0/s1. The molecule has 6 heteroatoms. The van der Waals surface area contributed by atoms with E-state index in [1.54, 1.807) is 12.5 Å². The van der Waals surface area contributed by atoms with Crippen LogP contribution in [0.5, 0.6) is 5.75 Å². The average Bonchev–Trinajstić information content (AvgIpc) is 3.15. The summed E-state index contributed by atoms with van der Waals surface area (Å²) in [5.41, 5.74) is 3.87. The van der Waals surface area contributed by atoms with Crippen molar-refractivity contribution in [3.05, 3.63) is 76.8 Å². The van der Waals surface area contributed by atoms with Gasteiger partial charge in [-0.1, -0.05) is 23.7 Å². The van der Waals surface area contributed by atoms with E-state index in [4.69, 9.17) is 16.3 Å². The molecule has 0 spiro atoms. The Hall–Kier alpha value is -2.79. The molecular weight excluding hydrogens is 362 g/mol. The van der Waals surface area contributed by atoms with Crippen LogP contribution in [0, 0.1) is 13.8 Å². The van der Waals surface area contributed by atoms with Gasteiger partial charge in [0.2, 0.25) is 0 Å². The molecule has 5 nitrogen and oxygen atoms in total. The maximum Gasteiger partial charge on any atom is 0.258 e. The van der Waals surface area contributed by atoms with E-state index in [2.05, 4.69) is 10.3 Å². The number of imidazole rings is 1. The fourth-order valence-corrected chi connectivity index (χ4v) is 3.30. The lowest BCUT2D eigenvalue weighted by atomic mass is 10.1. The summed E-state index contributed by atoms with van der Waals surface area (Å²) in [5, 5.41) is 3.62. The van der Waals surface area contributed by atoms with Gasteiger partial charge in [-0.25, -0.2) is 4.98 Å². The lowest BCUT2D eigenvalue weighted by Crippen LogP contribution is -2.31. The largest absolute Gasteiger partial charge is 0.483 e. The van der Waals surface area contributed by atoms with Crippen LogP contribution in [0.3, 0.4) is 0 Å². The fourth-order valence-electron chi connectivity index (χ4n) is 2.98. The minimum absolute atomic E-state index is 0.0409. The van der Waals surface area contributed by atoms with Crippen LogP contribution in [0.15, 0.2) is 55.1 Å². The highest BCUT2D eigenvalue weighted by molar-refractivity contribution is 6.30. The van der Waals surface area contributed by atoms with Crippen molar-refractivity contribution in [3.8, 4) is 11.4 Å². The summed E-state index contributed by atoms with van der Waals surface area (Å²) in [6.45, 7) is 5.73. The van der Waals surface area contributed by atoms with Crippen LogP contribution in [-0.4, -0.2) is 22.1 Å². The van der Waals surface area contributed by atoms with Crippen molar-refractivity contribution < 1.29 is 9.53 Å². The van der Waals surface area contributed by atoms with Crippen molar-refractivity contribution >= 4 is 17.5 Å². The Balaban J connectivity index is 1.58. The lowest BCUT2D eigenvalue weighted by molar-refractivity contribution is -0.123. The molecule has 0 aliphatic carbocycles. The summed E-state index contributed by atoms with van der Waals surface area (Å²) in [7, 11) is 0. The van der Waals surface area contributed by atoms with Gasteiger partial charge >= 0.3 is 0 Å². The van der Waals surface area contributed by atoms with Crippen molar-refractivity contribution in [2.24, 2.45) is 0 Å². The Morgan fingerprint density at radius 2 is 1.89 bits per heavy atom. The van der Waals surface area contributed by atoms with Crippen LogP contribution in [0.25, 0.3) is 5.69 Å². The number of rotatable bonds is 6. The first kappa shape index (κ1) is 19.0. The number of aromatic nitrogens is 2. The molecule has 0 aliphatic rings. The predicted octanol–water partition coefficient (Wildman–Crippen LogP) is 4.40. The van der Waals surface area contributed by atoms with E-state index in [0.29, 0.717) is 10.8 Å². The van der Waals surface area contributed by atoms with E-state index in [1.807, 2.05) is 67.9 Å². The Morgan fingerprint density at radius 3 is 2.48 bits per heavy atom. The average molecular weight is 384 g/mol. The van der Waals surface area contributed by atoms with Gasteiger partial charge in [0.1, 0.15) is 5.75 Å². The maximum absolute atomic E-state index is 12.3. The number of ether oxygens (including phenoxy) is 1. The Morgan fingerprint density at radius 1 is 1.22 bits per heavy atom. The zero-order valence-electron chi connectivity index (χ0n) is 15.6. The van der Waals surface area contributed by atoms with Crippen LogP contribution in [-0.2, 0) is 4.79 Å². The monoisotopic (exact) mass is 383 g/mol. The summed E-state index contributed by atoms with van der Waals surface area (Å²) in [6.07, 6.45) is 5.37. The number of amides is 1. The topological polar surface area (TPSA) is 56.1 Å². The van der Waals surface area contributed by atoms with E-state index in [9.17, 15) is 4.79 Å². The Kier molecular flexibility index (Phi) is 5.81. The minimum Gasteiger partial charge on any atom is -0.483 e. The number of nitrogens with zero attached hydrogens (tertiary/aromatic N) is 2. The number of hydrogen-bond donors (Lipinski definition) is 1. The van der Waals surface area contributed by atoms with Crippen LogP contribution in [0.2, 0.25) is 5.02 Å². The van der Waals surface area contributed by atoms with Crippen molar-refractivity contribution in [1.82, 2.24) is 14.9 Å². The second-order valence-corrected chi connectivity index (χ2v) is 6.94. The number of aryl methyl sites for hydroxylation is 2. The van der Waals surface area contributed by atoms with Gasteiger partial charge in [-0.2, -0.15) is 0 Å². The third kappa shape index (κ3) is 4.68. The molecule has 1 heterocycles. The molecule has 0 saturated heterocycles. The highest BCUT2D eigenvalue weighted by Gasteiger charge is 2.12. The number of halogens is 1. The predicted molar refractivity (Wildman–Crippen MR) is 107 cm³/mol. The zero-order chi connectivity index (χ0) is 19.4. The molecule has 0 radical (unpaired) electrons. The van der Waals surface area contributed by atoms with E-state index < -0.39 is 0 Å². The molecule has 1 amide bonds. The Labute approximate surface area is 164 Å². The van der Waals surface area contributed by atoms with Gasteiger partial charge in [-0.15, -0.1) is 0 Å². The van der Waals surface area contributed by atoms with Gasteiger partial charge in [0.25, 0.3) is 5.91 Å². The van der Waals surface area contributed by atoms with Gasteiger partial charge in [-0.3, -0.25) is 4.79 Å². The highest BCUT2D eigenvalue weighted by Crippen LogP contribution is 2.27. The van der Waals surface area contributed by atoms with Crippen LogP contribution in [0.1, 0.15) is 29.7 Å². The molecule has 3 aromatic rings. The van der Waals surface area contributed by atoms with Crippen molar-refractivity contribution in [1.29, 1.82) is 0 Å². The molecule has 2 aromatic carbocycles. The lowest BCUT2D eigenvalue weighted by Gasteiger charge is -2.17. The smallest absolute Gasteiger partial charge is 0.258 e. The summed E-state index contributed by atoms with van der Waals surface area (Å²) < 4.78 is 7.64. The van der Waals surface area contributed by atoms with Crippen molar-refractivity contribution in [2.45, 2.75) is 26.8 Å². The van der Waals surface area contributed by atoms with Gasteiger partial charge in [0.15, 0.2) is 6.61 Å². The van der Waals surface area contributed by atoms with E-state index in [0.717, 1.165) is 22.4 Å². The van der Waals surface area contributed by atoms with E-state index >= 15 is 0 Å². The zero-order valence-corrected chi connectivity index (χ0v) is 16.3. The van der Waals surface area contributed by atoms with Gasteiger partial charge in [-0.05, 0) is 61.7 Å². The normalized spacial score (nSPS) is 11.9. The summed E-state index contributed by atoms with van der Waals surface area (Å²) in [5.74, 6) is 0.529. The second kappa shape index (κ2) is 8.27. The number of carbonyl (C=O) groups excluding carboxylic acids is 1. The molecule has 3 rings (SSSR count). The molecule has 1 atom stereocenters. The minimum atomic E-state index is -0.171. The quantitative estimate of drug-likeness (QED) is 0.686. The first-order valence-corrected chi connectivity index (χ1v) is 9.09. The third-order valence-electron chi connectivity index (χ3n) is 4.35. The maximum atomic E-state index is 12.3. The van der Waals surface area contributed by atoms with Crippen LogP contribution >= 0.6 is 11.6 Å². The Bertz CT molecular complexity index is 898. The van der Waals surface area contributed by atoms with Gasteiger partial charge < -0.3 is 14.6 Å². The molecule has 0 aliphatic heterocycles. The van der Waals surface area contributed by atoms with Crippen LogP contribution in [0.4, 0.5) is 0 Å². The molecule has 1 aromatic heterocycles. The second-order valence-electron chi connectivity index (χ2n) is 6.51. The van der Waals surface area contributed by atoms with Gasteiger partial charge in [0.05, 0.1) is 12.4 Å². The number of hydrogen-bond acceptors (Lipinski definition) is 3. The molecular formula is C21H22ClN3O2. The summed E-state index contributed by atoms with van der Waals surface area (Å²) >= 11 is 6.03. The van der Waals surface area contributed by atoms with Crippen molar-refractivity contribution in [3.63, 3.8) is 0 Å². The first-order valence-electron chi connectivity index (χ1n) is 8.71. The van der Waals surface area contributed by atoms with Crippen molar-refractivity contribution in [2.75, 3.05) is 6.61 Å². The van der Waals surface area contributed by atoms with Gasteiger partial charge in [0, 0.05) is 23.1 Å². The summed E-state index contributed by atoms with van der Waals surface area (Å²) in [4.78, 5) is 16.3. The highest BCUT2D eigenvalue weighted by atomic mass is 35.5. The molecule has 140 valence electrons. The van der Waals surface area contributed by atoms with Crippen LogP contribution < -0.4 is 10.1 Å². The van der Waals surface area contributed by atoms with E-state index in [-0.39, 0.29) is 18.6 Å². The fraction of sp³-hybridized carbons (Fsp3) is 0.238. The van der Waals surface area contributed by atoms with E-state index in [1.165, 1.54) is 0 Å². The molecule has 0 saturated carbocycles. The molecule has 27 heavy (non-hydrogen) atoms. The first-order chi connectivity index (χ1) is 12.9. The number of carbonyl (C=O) groups is 1. The number of benzene rings is 2.